The number of carbonyl (C=O) groups is 1. The first-order valence-electron chi connectivity index (χ1n) is 8.63. The Morgan fingerprint density at radius 2 is 1.96 bits per heavy atom. The molecule has 2 aromatic heterocycles. The van der Waals surface area contributed by atoms with Crippen molar-refractivity contribution in [3.63, 3.8) is 0 Å². The zero-order chi connectivity index (χ0) is 19.5. The van der Waals surface area contributed by atoms with Crippen LogP contribution in [0.25, 0.3) is 15.5 Å². The lowest BCUT2D eigenvalue weighted by atomic mass is 10.2. The number of thiocarbonyl (C=S) groups is 1. The van der Waals surface area contributed by atoms with Gasteiger partial charge in [-0.25, -0.2) is 0 Å². The number of nitrogens with one attached hydrogen (secondary N) is 2. The van der Waals surface area contributed by atoms with Crippen LogP contribution >= 0.6 is 23.6 Å². The third-order valence-corrected chi connectivity index (χ3v) is 5.15. The lowest BCUT2D eigenvalue weighted by Gasteiger charge is -2.10. The van der Waals surface area contributed by atoms with Gasteiger partial charge in [0, 0.05) is 23.2 Å². The summed E-state index contributed by atoms with van der Waals surface area (Å²) in [5.74, 6) is 0.576. The quantitative estimate of drug-likeness (QED) is 0.503. The molecule has 0 radical (unpaired) electrons. The van der Waals surface area contributed by atoms with Crippen LogP contribution in [0, 0.1) is 0 Å². The fourth-order valence-electron chi connectivity index (χ4n) is 2.65. The van der Waals surface area contributed by atoms with Gasteiger partial charge in [-0.2, -0.15) is 9.61 Å². The first-order chi connectivity index (χ1) is 13.6. The smallest absolute Gasteiger partial charge is 0.257 e. The highest BCUT2D eigenvalue weighted by Gasteiger charge is 2.13. The summed E-state index contributed by atoms with van der Waals surface area (Å²) in [5, 5.41) is 19.7. The van der Waals surface area contributed by atoms with Gasteiger partial charge in [-0.05, 0) is 36.5 Å². The fraction of sp³-hybridized carbons (Fsp3) is 0.105. The van der Waals surface area contributed by atoms with Gasteiger partial charge >= 0.3 is 0 Å². The number of fused-ring (bicyclic) bond motifs is 1. The number of aromatic nitrogens is 4. The van der Waals surface area contributed by atoms with E-state index in [1.165, 1.54) is 11.3 Å². The van der Waals surface area contributed by atoms with Gasteiger partial charge in [0.2, 0.25) is 4.96 Å². The Balaban J connectivity index is 1.49. The number of hydrogen-bond acceptors (Lipinski definition) is 6. The van der Waals surface area contributed by atoms with Crippen LogP contribution in [-0.2, 0) is 6.42 Å². The fourth-order valence-corrected chi connectivity index (χ4v) is 3.72. The molecule has 28 heavy (non-hydrogen) atoms. The normalized spacial score (nSPS) is 10.8. The van der Waals surface area contributed by atoms with Crippen LogP contribution in [-0.4, -0.2) is 30.8 Å². The molecular weight excluding hydrogens is 392 g/mol. The summed E-state index contributed by atoms with van der Waals surface area (Å²) in [7, 11) is 0. The summed E-state index contributed by atoms with van der Waals surface area (Å²) in [6.45, 7) is 2.02. The second kappa shape index (κ2) is 7.83. The minimum atomic E-state index is -0.255. The van der Waals surface area contributed by atoms with Crippen molar-refractivity contribution in [2.75, 3.05) is 5.32 Å². The first-order valence-corrected chi connectivity index (χ1v) is 9.85. The molecule has 2 heterocycles. The predicted octanol–water partition coefficient (Wildman–Crippen LogP) is 3.54. The highest BCUT2D eigenvalue weighted by molar-refractivity contribution is 7.80. The molecule has 0 aliphatic heterocycles. The average molecular weight is 409 g/mol. The summed E-state index contributed by atoms with van der Waals surface area (Å²) in [6.07, 6.45) is 0.765. The van der Waals surface area contributed by atoms with E-state index in [1.54, 1.807) is 28.8 Å². The van der Waals surface area contributed by atoms with E-state index in [2.05, 4.69) is 25.9 Å². The van der Waals surface area contributed by atoms with Crippen LogP contribution < -0.4 is 10.6 Å². The van der Waals surface area contributed by atoms with E-state index in [4.69, 9.17) is 12.2 Å². The lowest BCUT2D eigenvalue weighted by molar-refractivity contribution is 0.0977. The molecule has 4 rings (SSSR count). The Morgan fingerprint density at radius 3 is 2.75 bits per heavy atom. The molecule has 0 unspecified atom stereocenters. The maximum atomic E-state index is 12.2. The highest BCUT2D eigenvalue weighted by Crippen LogP contribution is 2.27. The van der Waals surface area contributed by atoms with Crippen LogP contribution in [0.15, 0.2) is 54.6 Å². The predicted molar refractivity (Wildman–Crippen MR) is 114 cm³/mol. The molecule has 7 nitrogen and oxygen atoms in total. The van der Waals surface area contributed by atoms with Crippen molar-refractivity contribution in [1.82, 2.24) is 25.1 Å². The van der Waals surface area contributed by atoms with Gasteiger partial charge in [-0.3, -0.25) is 10.1 Å². The largest absolute Gasteiger partial charge is 0.332 e. The molecule has 0 aliphatic rings. The van der Waals surface area contributed by atoms with Gasteiger partial charge in [0.1, 0.15) is 5.01 Å². The second-order valence-corrected chi connectivity index (χ2v) is 7.29. The van der Waals surface area contributed by atoms with Crippen LogP contribution in [0.5, 0.6) is 0 Å². The number of hydrogen-bond donors (Lipinski definition) is 2. The van der Waals surface area contributed by atoms with Crippen LogP contribution in [0.2, 0.25) is 0 Å². The molecule has 2 aromatic carbocycles. The van der Waals surface area contributed by atoms with Crippen LogP contribution in [0.3, 0.4) is 0 Å². The van der Waals surface area contributed by atoms with Crippen molar-refractivity contribution < 1.29 is 4.79 Å². The number of aryl methyl sites for hydroxylation is 1. The Bertz CT molecular complexity index is 1150. The van der Waals surface area contributed by atoms with Crippen molar-refractivity contribution >= 4 is 45.2 Å². The number of rotatable bonds is 4. The van der Waals surface area contributed by atoms with Crippen LogP contribution in [0.4, 0.5) is 5.69 Å². The highest BCUT2D eigenvalue weighted by atomic mass is 32.1. The zero-order valence-electron chi connectivity index (χ0n) is 14.9. The molecule has 0 saturated carbocycles. The molecule has 2 N–H and O–H groups in total. The van der Waals surface area contributed by atoms with Crippen LogP contribution in [0.1, 0.15) is 23.1 Å². The van der Waals surface area contributed by atoms with Gasteiger partial charge in [0.05, 0.1) is 0 Å². The standard InChI is InChI=1S/C19H16N6OS2/c1-2-15-22-23-19-25(15)24-17(28-19)13-9-6-10-14(11-13)20-18(27)21-16(26)12-7-4-3-5-8-12/h3-11H,2H2,1H3,(H2,20,21,26,27). The minimum Gasteiger partial charge on any atom is -0.332 e. The average Bonchev–Trinajstić information content (AvgIpc) is 3.29. The molecule has 0 fully saturated rings. The first kappa shape index (κ1) is 18.2. The van der Waals surface area contributed by atoms with Crippen molar-refractivity contribution in [2.45, 2.75) is 13.3 Å². The molecular formula is C19H16N6OS2. The topological polar surface area (TPSA) is 84.2 Å². The van der Waals surface area contributed by atoms with Crippen molar-refractivity contribution in [1.29, 1.82) is 0 Å². The SMILES string of the molecule is CCc1nnc2sc(-c3cccc(NC(=S)NC(=O)c4ccccc4)c3)nn12. The van der Waals surface area contributed by atoms with Gasteiger partial charge < -0.3 is 5.32 Å². The molecule has 4 aromatic rings. The number of anilines is 1. The van der Waals surface area contributed by atoms with Crippen molar-refractivity contribution in [3.8, 4) is 10.6 Å². The zero-order valence-corrected chi connectivity index (χ0v) is 16.5. The summed E-state index contributed by atoms with van der Waals surface area (Å²) >= 11 is 6.74. The molecule has 9 heteroatoms. The van der Waals surface area contributed by atoms with Crippen molar-refractivity contribution in [3.05, 3.63) is 66.0 Å². The molecule has 0 saturated heterocycles. The Hall–Kier alpha value is -3.17. The number of carbonyl (C=O) groups excluding carboxylic acids is 1. The van der Waals surface area contributed by atoms with E-state index in [9.17, 15) is 4.79 Å². The molecule has 140 valence electrons. The molecule has 0 aliphatic carbocycles. The Kier molecular flexibility index (Phi) is 5.09. The molecule has 0 spiro atoms. The van der Waals surface area contributed by atoms with E-state index >= 15 is 0 Å². The van der Waals surface area contributed by atoms with E-state index in [0.717, 1.165) is 33.5 Å². The molecule has 1 amide bonds. The Morgan fingerprint density at radius 1 is 1.14 bits per heavy atom. The monoisotopic (exact) mass is 408 g/mol. The number of amides is 1. The maximum Gasteiger partial charge on any atom is 0.257 e. The number of nitrogens with zero attached hydrogens (tertiary/aromatic N) is 4. The lowest BCUT2D eigenvalue weighted by Crippen LogP contribution is -2.34. The summed E-state index contributed by atoms with van der Waals surface area (Å²) in [5.41, 5.74) is 2.24. The van der Waals surface area contributed by atoms with Gasteiger partial charge in [-0.15, -0.1) is 10.2 Å². The van der Waals surface area contributed by atoms with Crippen molar-refractivity contribution in [2.24, 2.45) is 0 Å². The summed E-state index contributed by atoms with van der Waals surface area (Å²) in [4.78, 5) is 13.0. The minimum absolute atomic E-state index is 0.234. The van der Waals surface area contributed by atoms with E-state index < -0.39 is 0 Å². The number of benzene rings is 2. The third kappa shape index (κ3) is 3.75. The summed E-state index contributed by atoms with van der Waals surface area (Å²) in [6, 6.07) is 16.6. The molecule has 0 atom stereocenters. The van der Waals surface area contributed by atoms with E-state index in [-0.39, 0.29) is 11.0 Å². The van der Waals surface area contributed by atoms with Gasteiger partial charge in [-0.1, -0.05) is 48.6 Å². The maximum absolute atomic E-state index is 12.2. The summed E-state index contributed by atoms with van der Waals surface area (Å²) < 4.78 is 1.77. The van der Waals surface area contributed by atoms with Gasteiger partial charge in [0.25, 0.3) is 5.91 Å². The van der Waals surface area contributed by atoms with E-state index in [0.29, 0.717) is 5.56 Å². The van der Waals surface area contributed by atoms with Gasteiger partial charge in [0.15, 0.2) is 10.9 Å². The Labute approximate surface area is 170 Å². The second-order valence-electron chi connectivity index (χ2n) is 5.93. The third-order valence-electron chi connectivity index (χ3n) is 4.00. The molecule has 0 bridgehead atoms. The van der Waals surface area contributed by atoms with E-state index in [1.807, 2.05) is 37.3 Å².